The van der Waals surface area contributed by atoms with Crippen LogP contribution in [-0.4, -0.2) is 18.1 Å². The molecule has 0 spiro atoms. The van der Waals surface area contributed by atoms with E-state index in [1.165, 1.54) is 11.1 Å². The van der Waals surface area contributed by atoms with Gasteiger partial charge in [-0.25, -0.2) is 4.98 Å². The van der Waals surface area contributed by atoms with Crippen LogP contribution >= 0.6 is 11.3 Å². The topological polar surface area (TPSA) is 28.2 Å². The highest BCUT2D eigenvalue weighted by Gasteiger charge is 2.08. The fourth-order valence-corrected chi connectivity index (χ4v) is 2.81. The molecule has 0 aliphatic heterocycles. The minimum Gasteiger partial charge on any atom is -0.347 e. The summed E-state index contributed by atoms with van der Waals surface area (Å²) in [6.07, 6.45) is 0. The molecule has 2 rings (SSSR count). The summed E-state index contributed by atoms with van der Waals surface area (Å²) in [5.74, 6) is 0. The van der Waals surface area contributed by atoms with Gasteiger partial charge < -0.3 is 10.2 Å². The van der Waals surface area contributed by atoms with Crippen molar-refractivity contribution in [1.82, 2.24) is 10.3 Å². The number of nitrogens with one attached hydrogen (secondary N) is 1. The van der Waals surface area contributed by atoms with Crippen molar-refractivity contribution in [3.8, 4) is 0 Å². The van der Waals surface area contributed by atoms with Crippen LogP contribution in [0.3, 0.4) is 0 Å². The molecule has 0 amide bonds. The second-order valence-corrected chi connectivity index (χ2v) is 6.34. The van der Waals surface area contributed by atoms with Crippen LogP contribution in [0, 0.1) is 6.92 Å². The molecule has 1 N–H and O–H groups in total. The molecule has 0 saturated carbocycles. The van der Waals surface area contributed by atoms with Crippen molar-refractivity contribution < 1.29 is 0 Å². The summed E-state index contributed by atoms with van der Waals surface area (Å²) in [5, 5.41) is 6.61. The van der Waals surface area contributed by atoms with E-state index in [0.717, 1.165) is 23.9 Å². The molecular weight excluding hydrogens is 266 g/mol. The molecule has 1 aromatic heterocycles. The molecule has 4 heteroatoms. The van der Waals surface area contributed by atoms with Gasteiger partial charge in [0.1, 0.15) is 0 Å². The number of aryl methyl sites for hydroxylation is 1. The number of hydrogen-bond acceptors (Lipinski definition) is 4. The average Bonchev–Trinajstić information content (AvgIpc) is 2.85. The Labute approximate surface area is 125 Å². The minimum absolute atomic E-state index is 0.491. The Balaban J connectivity index is 1.97. The summed E-state index contributed by atoms with van der Waals surface area (Å²) in [5.41, 5.74) is 3.75. The molecule has 3 nitrogen and oxygen atoms in total. The molecule has 20 heavy (non-hydrogen) atoms. The molecule has 0 radical (unpaired) electrons. The molecule has 0 aliphatic carbocycles. The fourth-order valence-electron chi connectivity index (χ4n) is 2.01. The zero-order valence-corrected chi connectivity index (χ0v) is 13.5. The smallest absolute Gasteiger partial charge is 0.185 e. The molecule has 0 fully saturated rings. The Morgan fingerprint density at radius 2 is 2.15 bits per heavy atom. The van der Waals surface area contributed by atoms with Gasteiger partial charge in [0.05, 0.1) is 5.69 Å². The fraction of sp³-hybridized carbons (Fsp3) is 0.438. The van der Waals surface area contributed by atoms with Gasteiger partial charge in [-0.3, -0.25) is 0 Å². The van der Waals surface area contributed by atoms with Crippen molar-refractivity contribution in [2.75, 3.05) is 11.9 Å². The predicted octanol–water partition coefficient (Wildman–Crippen LogP) is 3.59. The van der Waals surface area contributed by atoms with Crippen molar-refractivity contribution >= 4 is 16.5 Å². The number of thiazole rings is 1. The van der Waals surface area contributed by atoms with E-state index in [4.69, 9.17) is 0 Å². The SMILES string of the molecule is Cc1cccc(CN(C)c2nc(CNC(C)C)cs2)c1. The predicted molar refractivity (Wildman–Crippen MR) is 87.4 cm³/mol. The maximum absolute atomic E-state index is 4.68. The van der Waals surface area contributed by atoms with Gasteiger partial charge in [0.15, 0.2) is 5.13 Å². The highest BCUT2D eigenvalue weighted by molar-refractivity contribution is 7.13. The van der Waals surface area contributed by atoms with Gasteiger partial charge in [0, 0.05) is 31.6 Å². The van der Waals surface area contributed by atoms with E-state index in [-0.39, 0.29) is 0 Å². The summed E-state index contributed by atoms with van der Waals surface area (Å²) < 4.78 is 0. The van der Waals surface area contributed by atoms with Gasteiger partial charge in [-0.2, -0.15) is 0 Å². The second-order valence-electron chi connectivity index (χ2n) is 5.50. The van der Waals surface area contributed by atoms with E-state index in [2.05, 4.69) is 72.7 Å². The molecule has 0 atom stereocenters. The van der Waals surface area contributed by atoms with Crippen LogP contribution in [0.2, 0.25) is 0 Å². The number of hydrogen-bond donors (Lipinski definition) is 1. The zero-order valence-electron chi connectivity index (χ0n) is 12.7. The van der Waals surface area contributed by atoms with Gasteiger partial charge in [-0.1, -0.05) is 43.7 Å². The first-order valence-corrected chi connectivity index (χ1v) is 7.87. The Hall–Kier alpha value is -1.39. The van der Waals surface area contributed by atoms with Gasteiger partial charge >= 0.3 is 0 Å². The number of anilines is 1. The highest BCUT2D eigenvalue weighted by atomic mass is 32.1. The van der Waals surface area contributed by atoms with Crippen LogP contribution in [0.1, 0.15) is 30.7 Å². The van der Waals surface area contributed by atoms with E-state index >= 15 is 0 Å². The average molecular weight is 289 g/mol. The van der Waals surface area contributed by atoms with Crippen molar-refractivity contribution in [3.63, 3.8) is 0 Å². The van der Waals surface area contributed by atoms with E-state index in [9.17, 15) is 0 Å². The second kappa shape index (κ2) is 6.86. The molecule has 0 aliphatic rings. The van der Waals surface area contributed by atoms with Crippen molar-refractivity contribution in [1.29, 1.82) is 0 Å². The Kier molecular flexibility index (Phi) is 5.15. The van der Waals surface area contributed by atoms with E-state index in [1.54, 1.807) is 11.3 Å². The first-order chi connectivity index (χ1) is 9.54. The lowest BCUT2D eigenvalue weighted by atomic mass is 10.1. The molecule has 108 valence electrons. The third-order valence-electron chi connectivity index (χ3n) is 3.06. The van der Waals surface area contributed by atoms with Gasteiger partial charge in [0.2, 0.25) is 0 Å². The van der Waals surface area contributed by atoms with Crippen molar-refractivity contribution in [3.05, 3.63) is 46.5 Å². The summed E-state index contributed by atoms with van der Waals surface area (Å²) in [7, 11) is 2.10. The molecule has 0 saturated heterocycles. The van der Waals surface area contributed by atoms with Gasteiger partial charge in [-0.05, 0) is 12.5 Å². The summed E-state index contributed by atoms with van der Waals surface area (Å²) in [4.78, 5) is 6.89. The Morgan fingerprint density at radius 3 is 2.85 bits per heavy atom. The number of aromatic nitrogens is 1. The maximum atomic E-state index is 4.68. The summed E-state index contributed by atoms with van der Waals surface area (Å²) >= 11 is 1.71. The van der Waals surface area contributed by atoms with Crippen LogP contribution in [0.5, 0.6) is 0 Å². The normalized spacial score (nSPS) is 11.1. The maximum Gasteiger partial charge on any atom is 0.185 e. The van der Waals surface area contributed by atoms with Gasteiger partial charge in [-0.15, -0.1) is 11.3 Å². The molecule has 1 aromatic carbocycles. The zero-order chi connectivity index (χ0) is 14.5. The third kappa shape index (κ3) is 4.32. The lowest BCUT2D eigenvalue weighted by Gasteiger charge is -2.16. The van der Waals surface area contributed by atoms with Crippen LogP contribution in [0.15, 0.2) is 29.6 Å². The van der Waals surface area contributed by atoms with Crippen LogP contribution in [0.25, 0.3) is 0 Å². The van der Waals surface area contributed by atoms with E-state index < -0.39 is 0 Å². The first kappa shape index (κ1) is 15.0. The highest BCUT2D eigenvalue weighted by Crippen LogP contribution is 2.21. The number of nitrogens with zero attached hydrogens (tertiary/aromatic N) is 2. The third-order valence-corrected chi connectivity index (χ3v) is 4.06. The molecule has 0 unspecified atom stereocenters. The number of rotatable bonds is 6. The van der Waals surface area contributed by atoms with Crippen LogP contribution in [0.4, 0.5) is 5.13 Å². The van der Waals surface area contributed by atoms with Crippen LogP contribution < -0.4 is 10.2 Å². The van der Waals surface area contributed by atoms with Crippen molar-refractivity contribution in [2.24, 2.45) is 0 Å². The Bertz CT molecular complexity index is 548. The lowest BCUT2D eigenvalue weighted by Crippen LogP contribution is -2.22. The summed E-state index contributed by atoms with van der Waals surface area (Å²) in [6.45, 7) is 8.16. The summed E-state index contributed by atoms with van der Waals surface area (Å²) in [6, 6.07) is 9.12. The van der Waals surface area contributed by atoms with Gasteiger partial charge in [0.25, 0.3) is 0 Å². The molecule has 2 aromatic rings. The first-order valence-electron chi connectivity index (χ1n) is 6.99. The standard InChI is InChI=1S/C16H23N3S/c1-12(2)17-9-15-11-20-16(18-15)19(4)10-14-7-5-6-13(3)8-14/h5-8,11-12,17H,9-10H2,1-4H3. The number of benzene rings is 1. The van der Waals surface area contributed by atoms with E-state index in [1.807, 2.05) is 0 Å². The molecule has 1 heterocycles. The van der Waals surface area contributed by atoms with E-state index in [0.29, 0.717) is 6.04 Å². The minimum atomic E-state index is 0.491. The quantitative estimate of drug-likeness (QED) is 0.881. The monoisotopic (exact) mass is 289 g/mol. The molecule has 0 bridgehead atoms. The lowest BCUT2D eigenvalue weighted by molar-refractivity contribution is 0.583. The van der Waals surface area contributed by atoms with Crippen molar-refractivity contribution in [2.45, 2.75) is 39.9 Å². The molecular formula is C16H23N3S. The largest absolute Gasteiger partial charge is 0.347 e. The Morgan fingerprint density at radius 1 is 1.35 bits per heavy atom. The van der Waals surface area contributed by atoms with Crippen LogP contribution in [-0.2, 0) is 13.1 Å².